The number of carbonyl (C=O) groups excluding carboxylic acids is 1. The summed E-state index contributed by atoms with van der Waals surface area (Å²) in [6, 6.07) is 10.4. The van der Waals surface area contributed by atoms with Gasteiger partial charge in [0.05, 0.1) is 6.04 Å². The number of benzene rings is 1. The number of nitrogens with one attached hydrogen (secondary N) is 1. The van der Waals surface area contributed by atoms with Crippen molar-refractivity contribution in [3.8, 4) is 0 Å². The number of amides is 1. The number of hydrogen-bond acceptors (Lipinski definition) is 3. The Balaban J connectivity index is 1.42. The van der Waals surface area contributed by atoms with Crippen LogP contribution in [-0.4, -0.2) is 61.0 Å². The summed E-state index contributed by atoms with van der Waals surface area (Å²) < 4.78 is 0. The minimum Gasteiger partial charge on any atom is -0.339 e. The highest BCUT2D eigenvalue weighted by molar-refractivity contribution is 5.82. The number of nitrogens with zero attached hydrogens (tertiary/aromatic N) is 2. The van der Waals surface area contributed by atoms with Crippen LogP contribution in [-0.2, 0) is 4.79 Å². The third-order valence-electron chi connectivity index (χ3n) is 4.52. The van der Waals surface area contributed by atoms with Gasteiger partial charge >= 0.3 is 0 Å². The molecule has 0 saturated carbocycles. The molecule has 1 aromatic carbocycles. The Morgan fingerprint density at radius 1 is 1.18 bits per heavy atom. The number of carbonyl (C=O) groups is 1. The lowest BCUT2D eigenvalue weighted by atomic mass is 10.2. The minimum absolute atomic E-state index is 0.0736. The lowest BCUT2D eigenvalue weighted by Crippen LogP contribution is -2.52. The van der Waals surface area contributed by atoms with Crippen molar-refractivity contribution in [2.45, 2.75) is 18.9 Å². The molecule has 2 aliphatic rings. The van der Waals surface area contributed by atoms with Crippen molar-refractivity contribution in [2.24, 2.45) is 0 Å². The van der Waals surface area contributed by atoms with Gasteiger partial charge in [-0.25, -0.2) is 0 Å². The number of piperazine rings is 1. The molecule has 0 aliphatic carbocycles. The van der Waals surface area contributed by atoms with Crippen molar-refractivity contribution >= 4 is 12.0 Å². The van der Waals surface area contributed by atoms with Gasteiger partial charge < -0.3 is 10.2 Å². The Morgan fingerprint density at radius 2 is 1.95 bits per heavy atom. The zero-order chi connectivity index (χ0) is 15.2. The quantitative estimate of drug-likeness (QED) is 0.917. The SMILES string of the molecule is O=C([C@@H]1CCCN1)N1CCN(C/C=C/c2ccccc2)CC1. The molecular formula is C18H25N3O. The minimum atomic E-state index is 0.0736. The summed E-state index contributed by atoms with van der Waals surface area (Å²) >= 11 is 0. The summed E-state index contributed by atoms with van der Waals surface area (Å²) in [5.74, 6) is 0.303. The second-order valence-corrected chi connectivity index (χ2v) is 6.09. The highest BCUT2D eigenvalue weighted by Crippen LogP contribution is 2.11. The third-order valence-corrected chi connectivity index (χ3v) is 4.52. The smallest absolute Gasteiger partial charge is 0.239 e. The largest absolute Gasteiger partial charge is 0.339 e. The number of rotatable bonds is 4. The Morgan fingerprint density at radius 3 is 2.64 bits per heavy atom. The maximum Gasteiger partial charge on any atom is 0.239 e. The fraction of sp³-hybridized carbons (Fsp3) is 0.500. The topological polar surface area (TPSA) is 35.6 Å². The second-order valence-electron chi connectivity index (χ2n) is 6.09. The van der Waals surface area contributed by atoms with E-state index in [2.05, 4.69) is 46.6 Å². The van der Waals surface area contributed by atoms with Gasteiger partial charge in [-0.2, -0.15) is 0 Å². The van der Waals surface area contributed by atoms with E-state index in [9.17, 15) is 4.79 Å². The molecule has 2 aliphatic heterocycles. The first-order valence-electron chi connectivity index (χ1n) is 8.29. The van der Waals surface area contributed by atoms with Crippen LogP contribution in [0, 0.1) is 0 Å². The van der Waals surface area contributed by atoms with Crippen LogP contribution in [0.15, 0.2) is 36.4 Å². The molecule has 1 atom stereocenters. The average molecular weight is 299 g/mol. The number of hydrogen-bond donors (Lipinski definition) is 1. The van der Waals surface area contributed by atoms with Gasteiger partial charge in [0.25, 0.3) is 0 Å². The highest BCUT2D eigenvalue weighted by Gasteiger charge is 2.28. The Hall–Kier alpha value is -1.65. The summed E-state index contributed by atoms with van der Waals surface area (Å²) in [4.78, 5) is 16.8. The molecule has 118 valence electrons. The van der Waals surface area contributed by atoms with E-state index in [1.165, 1.54) is 5.56 Å². The molecular weight excluding hydrogens is 274 g/mol. The molecule has 2 heterocycles. The van der Waals surface area contributed by atoms with Crippen molar-refractivity contribution in [1.82, 2.24) is 15.1 Å². The van der Waals surface area contributed by atoms with Crippen LogP contribution in [0.4, 0.5) is 0 Å². The van der Waals surface area contributed by atoms with Gasteiger partial charge in [0.2, 0.25) is 5.91 Å². The van der Waals surface area contributed by atoms with Gasteiger partial charge in [0.1, 0.15) is 0 Å². The van der Waals surface area contributed by atoms with E-state index in [-0.39, 0.29) is 6.04 Å². The summed E-state index contributed by atoms with van der Waals surface area (Å²) in [6.07, 6.45) is 6.50. The summed E-state index contributed by atoms with van der Waals surface area (Å²) in [7, 11) is 0. The molecule has 2 saturated heterocycles. The van der Waals surface area contributed by atoms with E-state index < -0.39 is 0 Å². The van der Waals surface area contributed by atoms with Crippen LogP contribution >= 0.6 is 0 Å². The molecule has 1 aromatic rings. The molecule has 4 nitrogen and oxygen atoms in total. The predicted octanol–water partition coefficient (Wildman–Crippen LogP) is 1.60. The monoisotopic (exact) mass is 299 g/mol. The van der Waals surface area contributed by atoms with Crippen molar-refractivity contribution in [3.05, 3.63) is 42.0 Å². The first-order valence-corrected chi connectivity index (χ1v) is 8.29. The molecule has 0 radical (unpaired) electrons. The Kier molecular flexibility index (Phi) is 5.24. The van der Waals surface area contributed by atoms with Gasteiger partial charge in [0.15, 0.2) is 0 Å². The van der Waals surface area contributed by atoms with Gasteiger partial charge in [-0.1, -0.05) is 42.5 Å². The van der Waals surface area contributed by atoms with Crippen LogP contribution in [0.2, 0.25) is 0 Å². The van der Waals surface area contributed by atoms with E-state index in [1.54, 1.807) is 0 Å². The Labute approximate surface area is 132 Å². The van der Waals surface area contributed by atoms with Crippen LogP contribution in [0.3, 0.4) is 0 Å². The van der Waals surface area contributed by atoms with Crippen LogP contribution in [0.1, 0.15) is 18.4 Å². The summed E-state index contributed by atoms with van der Waals surface area (Å²) in [6.45, 7) is 5.60. The normalized spacial score (nSPS) is 23.3. The van der Waals surface area contributed by atoms with E-state index in [0.29, 0.717) is 5.91 Å². The molecule has 1 N–H and O–H groups in total. The van der Waals surface area contributed by atoms with Gasteiger partial charge in [-0.3, -0.25) is 9.69 Å². The molecule has 0 bridgehead atoms. The molecule has 0 spiro atoms. The van der Waals surface area contributed by atoms with Crippen molar-refractivity contribution in [2.75, 3.05) is 39.3 Å². The van der Waals surface area contributed by atoms with Crippen LogP contribution in [0.25, 0.3) is 6.08 Å². The summed E-state index contributed by atoms with van der Waals surface area (Å²) in [5.41, 5.74) is 1.24. The van der Waals surface area contributed by atoms with Crippen LogP contribution < -0.4 is 5.32 Å². The first-order chi connectivity index (χ1) is 10.8. The van der Waals surface area contributed by atoms with Crippen LogP contribution in [0.5, 0.6) is 0 Å². The molecule has 2 fully saturated rings. The molecule has 4 heteroatoms. The fourth-order valence-electron chi connectivity index (χ4n) is 3.17. The van der Waals surface area contributed by atoms with Crippen molar-refractivity contribution in [1.29, 1.82) is 0 Å². The van der Waals surface area contributed by atoms with Gasteiger partial charge in [-0.15, -0.1) is 0 Å². The lowest BCUT2D eigenvalue weighted by Gasteiger charge is -2.35. The average Bonchev–Trinajstić information content (AvgIpc) is 3.10. The highest BCUT2D eigenvalue weighted by atomic mass is 16.2. The van der Waals surface area contributed by atoms with Gasteiger partial charge in [-0.05, 0) is 24.9 Å². The zero-order valence-corrected chi connectivity index (χ0v) is 13.1. The molecule has 0 unspecified atom stereocenters. The third kappa shape index (κ3) is 3.96. The van der Waals surface area contributed by atoms with Gasteiger partial charge in [0, 0.05) is 32.7 Å². The molecule has 3 rings (SSSR count). The van der Waals surface area contributed by atoms with Crippen molar-refractivity contribution in [3.63, 3.8) is 0 Å². The second kappa shape index (κ2) is 7.56. The summed E-state index contributed by atoms with van der Waals surface area (Å²) in [5, 5.41) is 3.30. The van der Waals surface area contributed by atoms with E-state index >= 15 is 0 Å². The predicted molar refractivity (Wildman–Crippen MR) is 89.5 cm³/mol. The first kappa shape index (κ1) is 15.3. The lowest BCUT2D eigenvalue weighted by molar-refractivity contribution is -0.134. The molecule has 22 heavy (non-hydrogen) atoms. The van der Waals surface area contributed by atoms with E-state index in [4.69, 9.17) is 0 Å². The van der Waals surface area contributed by atoms with Crippen molar-refractivity contribution < 1.29 is 4.79 Å². The standard InChI is InChI=1S/C18H25N3O/c22-18(17-9-4-10-19-17)21-14-12-20(13-15-21)11-5-8-16-6-2-1-3-7-16/h1-3,5-8,17,19H,4,9-15H2/b8-5+/t17-/m0/s1. The zero-order valence-electron chi connectivity index (χ0n) is 13.1. The van der Waals surface area contributed by atoms with E-state index in [1.807, 2.05) is 11.0 Å². The molecule has 1 amide bonds. The fourth-order valence-corrected chi connectivity index (χ4v) is 3.17. The maximum atomic E-state index is 12.3. The molecule has 0 aromatic heterocycles. The maximum absolute atomic E-state index is 12.3. The van der Waals surface area contributed by atoms with E-state index in [0.717, 1.165) is 52.1 Å². The Bertz CT molecular complexity index is 500.